The number of Topliss-reactive ketones (excluding diaryl/α,β-unsaturated/α-hetero) is 1. The SMILES string of the molecule is CC(=O)Cc1cccc(Cl)c1.Cc1c(C(=O)O)cccc1C(=O)O. The van der Waals surface area contributed by atoms with E-state index in [2.05, 4.69) is 0 Å². The van der Waals surface area contributed by atoms with Crippen molar-refractivity contribution in [1.29, 1.82) is 0 Å². The van der Waals surface area contributed by atoms with Crippen LogP contribution in [0.15, 0.2) is 42.5 Å². The monoisotopic (exact) mass is 348 g/mol. The van der Waals surface area contributed by atoms with Gasteiger partial charge in [0, 0.05) is 11.4 Å². The lowest BCUT2D eigenvalue weighted by atomic mass is 10.0. The van der Waals surface area contributed by atoms with E-state index in [9.17, 15) is 14.4 Å². The van der Waals surface area contributed by atoms with Gasteiger partial charge in [-0.05, 0) is 49.2 Å². The highest BCUT2D eigenvalue weighted by Crippen LogP contribution is 2.13. The maximum atomic E-state index is 10.7. The van der Waals surface area contributed by atoms with E-state index < -0.39 is 11.9 Å². The molecule has 2 rings (SSSR count). The smallest absolute Gasteiger partial charge is 0.335 e. The summed E-state index contributed by atoms with van der Waals surface area (Å²) in [7, 11) is 0. The van der Waals surface area contributed by atoms with Gasteiger partial charge in [-0.3, -0.25) is 4.79 Å². The predicted molar refractivity (Wildman–Crippen MR) is 90.9 cm³/mol. The van der Waals surface area contributed by atoms with E-state index in [1.807, 2.05) is 18.2 Å². The Kier molecular flexibility index (Phi) is 7.14. The molecule has 2 aromatic rings. The minimum atomic E-state index is -1.11. The topological polar surface area (TPSA) is 91.7 Å². The van der Waals surface area contributed by atoms with Crippen LogP contribution in [-0.2, 0) is 11.2 Å². The molecule has 6 heteroatoms. The number of carboxylic acid groups (broad SMARTS) is 2. The highest BCUT2D eigenvalue weighted by Gasteiger charge is 2.13. The average Bonchev–Trinajstić information content (AvgIpc) is 2.46. The summed E-state index contributed by atoms with van der Waals surface area (Å²) in [4.78, 5) is 31.9. The van der Waals surface area contributed by atoms with Crippen molar-refractivity contribution >= 4 is 29.3 Å². The van der Waals surface area contributed by atoms with Gasteiger partial charge in [-0.2, -0.15) is 0 Å². The van der Waals surface area contributed by atoms with Crippen LogP contribution in [-0.4, -0.2) is 27.9 Å². The maximum absolute atomic E-state index is 10.7. The van der Waals surface area contributed by atoms with Crippen molar-refractivity contribution in [3.05, 3.63) is 69.7 Å². The van der Waals surface area contributed by atoms with Gasteiger partial charge in [0.15, 0.2) is 0 Å². The second kappa shape index (κ2) is 8.84. The van der Waals surface area contributed by atoms with Gasteiger partial charge in [-0.1, -0.05) is 29.8 Å². The van der Waals surface area contributed by atoms with E-state index in [0.717, 1.165) is 5.56 Å². The lowest BCUT2D eigenvalue weighted by molar-refractivity contribution is -0.116. The molecule has 0 atom stereocenters. The van der Waals surface area contributed by atoms with Crippen LogP contribution in [0, 0.1) is 6.92 Å². The van der Waals surface area contributed by atoms with Gasteiger partial charge in [0.25, 0.3) is 0 Å². The zero-order chi connectivity index (χ0) is 18.3. The number of hydrogen-bond donors (Lipinski definition) is 2. The Bertz CT molecular complexity index is 736. The second-order valence-corrected chi connectivity index (χ2v) is 5.53. The normalized spacial score (nSPS) is 9.62. The van der Waals surface area contributed by atoms with Crippen molar-refractivity contribution in [2.75, 3.05) is 0 Å². The number of halogens is 1. The quantitative estimate of drug-likeness (QED) is 0.875. The van der Waals surface area contributed by atoms with Crippen molar-refractivity contribution in [3.63, 3.8) is 0 Å². The van der Waals surface area contributed by atoms with Gasteiger partial charge in [0.05, 0.1) is 11.1 Å². The third kappa shape index (κ3) is 5.85. The Morgan fingerprint density at radius 2 is 1.46 bits per heavy atom. The van der Waals surface area contributed by atoms with Crippen LogP contribution in [0.25, 0.3) is 0 Å². The van der Waals surface area contributed by atoms with Crippen LogP contribution < -0.4 is 0 Å². The summed E-state index contributed by atoms with van der Waals surface area (Å²) >= 11 is 5.72. The summed E-state index contributed by atoms with van der Waals surface area (Å²) in [5.74, 6) is -2.06. The van der Waals surface area contributed by atoms with Crippen molar-refractivity contribution in [3.8, 4) is 0 Å². The third-order valence-corrected chi connectivity index (χ3v) is 3.37. The first-order valence-corrected chi connectivity index (χ1v) is 7.40. The summed E-state index contributed by atoms with van der Waals surface area (Å²) in [5, 5.41) is 18.0. The molecular formula is C18H17ClO5. The lowest BCUT2D eigenvalue weighted by Gasteiger charge is -2.03. The highest BCUT2D eigenvalue weighted by molar-refractivity contribution is 6.30. The molecule has 2 N–H and O–H groups in total. The van der Waals surface area contributed by atoms with Crippen LogP contribution in [0.5, 0.6) is 0 Å². The van der Waals surface area contributed by atoms with Crippen LogP contribution in [0.3, 0.4) is 0 Å². The summed E-state index contributed by atoms with van der Waals surface area (Å²) in [5.41, 5.74) is 1.31. The van der Waals surface area contributed by atoms with E-state index >= 15 is 0 Å². The summed E-state index contributed by atoms with van der Waals surface area (Å²) in [6, 6.07) is 11.5. The zero-order valence-electron chi connectivity index (χ0n) is 13.2. The van der Waals surface area contributed by atoms with E-state index in [-0.39, 0.29) is 22.5 Å². The fraction of sp³-hybridized carbons (Fsp3) is 0.167. The Balaban J connectivity index is 0.000000243. The molecule has 0 saturated carbocycles. The molecule has 0 fully saturated rings. The summed E-state index contributed by atoms with van der Waals surface area (Å²) in [6.45, 7) is 3.05. The third-order valence-electron chi connectivity index (χ3n) is 3.14. The van der Waals surface area contributed by atoms with Gasteiger partial charge in [-0.15, -0.1) is 0 Å². The molecule has 0 bridgehead atoms. The maximum Gasteiger partial charge on any atom is 0.335 e. The Labute approximate surface area is 144 Å². The largest absolute Gasteiger partial charge is 0.478 e. The van der Waals surface area contributed by atoms with Crippen LogP contribution >= 0.6 is 11.6 Å². The molecule has 0 unspecified atom stereocenters. The summed E-state index contributed by atoms with van der Waals surface area (Å²) in [6.07, 6.45) is 0.473. The molecule has 0 saturated heterocycles. The number of carbonyl (C=O) groups is 3. The minimum Gasteiger partial charge on any atom is -0.478 e. The average molecular weight is 349 g/mol. The first kappa shape index (κ1) is 19.4. The predicted octanol–water partition coefficient (Wildman–Crippen LogP) is 3.86. The minimum absolute atomic E-state index is 0.0277. The van der Waals surface area contributed by atoms with E-state index in [1.54, 1.807) is 13.0 Å². The standard InChI is InChI=1S/C9H9ClO.C9H8O4/c1-7(11)5-8-3-2-4-9(10)6-8;1-5-6(8(10)11)3-2-4-7(5)9(12)13/h2-4,6H,5H2,1H3;2-4H,1H3,(H,10,11)(H,12,13). The molecule has 0 aromatic heterocycles. The zero-order valence-corrected chi connectivity index (χ0v) is 14.0. The fourth-order valence-corrected chi connectivity index (χ4v) is 2.25. The molecule has 0 aliphatic heterocycles. The number of carboxylic acids is 2. The van der Waals surface area contributed by atoms with Crippen molar-refractivity contribution in [2.24, 2.45) is 0 Å². The molecule has 126 valence electrons. The van der Waals surface area contributed by atoms with E-state index in [1.165, 1.54) is 25.1 Å². The van der Waals surface area contributed by atoms with E-state index in [4.69, 9.17) is 21.8 Å². The highest BCUT2D eigenvalue weighted by atomic mass is 35.5. The molecule has 0 aliphatic carbocycles. The van der Waals surface area contributed by atoms with Gasteiger partial charge >= 0.3 is 11.9 Å². The van der Waals surface area contributed by atoms with Crippen LogP contribution in [0.2, 0.25) is 5.02 Å². The van der Waals surface area contributed by atoms with E-state index in [0.29, 0.717) is 11.4 Å². The van der Waals surface area contributed by atoms with Crippen molar-refractivity contribution in [2.45, 2.75) is 20.3 Å². The first-order valence-electron chi connectivity index (χ1n) is 7.02. The van der Waals surface area contributed by atoms with Crippen LogP contribution in [0.1, 0.15) is 38.8 Å². The summed E-state index contributed by atoms with van der Waals surface area (Å²) < 4.78 is 0. The van der Waals surface area contributed by atoms with Crippen molar-refractivity contribution in [1.82, 2.24) is 0 Å². The number of carbonyl (C=O) groups excluding carboxylic acids is 1. The van der Waals surface area contributed by atoms with Gasteiger partial charge in [0.2, 0.25) is 0 Å². The molecule has 0 aliphatic rings. The number of rotatable bonds is 4. The first-order chi connectivity index (χ1) is 11.2. The van der Waals surface area contributed by atoms with Gasteiger partial charge in [0.1, 0.15) is 5.78 Å². The molecule has 24 heavy (non-hydrogen) atoms. The van der Waals surface area contributed by atoms with Crippen LogP contribution in [0.4, 0.5) is 0 Å². The molecule has 0 heterocycles. The fourth-order valence-electron chi connectivity index (χ4n) is 2.03. The second-order valence-electron chi connectivity index (χ2n) is 5.10. The van der Waals surface area contributed by atoms with Crippen molar-refractivity contribution < 1.29 is 24.6 Å². The van der Waals surface area contributed by atoms with Gasteiger partial charge in [-0.25, -0.2) is 9.59 Å². The Hall–Kier alpha value is -2.66. The number of aromatic carboxylic acids is 2. The number of benzene rings is 2. The Morgan fingerprint density at radius 1 is 0.958 bits per heavy atom. The lowest BCUT2D eigenvalue weighted by Crippen LogP contribution is -2.06. The molecule has 0 spiro atoms. The molecule has 0 radical (unpaired) electrons. The molecular weight excluding hydrogens is 332 g/mol. The molecule has 5 nitrogen and oxygen atoms in total. The van der Waals surface area contributed by atoms with Gasteiger partial charge < -0.3 is 10.2 Å². The number of hydrogen-bond acceptors (Lipinski definition) is 3. The molecule has 0 amide bonds. The molecule has 2 aromatic carbocycles. The number of ketones is 1. The Morgan fingerprint density at radius 3 is 1.88 bits per heavy atom.